The Morgan fingerprint density at radius 2 is 2.33 bits per heavy atom. The van der Waals surface area contributed by atoms with Crippen molar-refractivity contribution in [3.8, 4) is 0 Å². The van der Waals surface area contributed by atoms with Gasteiger partial charge in [0.15, 0.2) is 0 Å². The van der Waals surface area contributed by atoms with E-state index in [0.29, 0.717) is 6.42 Å². The van der Waals surface area contributed by atoms with Crippen LogP contribution in [0.5, 0.6) is 0 Å². The SMILES string of the molecule is CCC(F)C1=C=C(C)C1. The topological polar surface area (TPSA) is 0 Å². The molecule has 50 valence electrons. The Morgan fingerprint density at radius 1 is 1.78 bits per heavy atom. The Kier molecular flexibility index (Phi) is 1.73. The molecular formula is C8H11F. The lowest BCUT2D eigenvalue weighted by atomic mass is 9.94. The Labute approximate surface area is 55.1 Å². The van der Waals surface area contributed by atoms with Crippen LogP contribution in [0.1, 0.15) is 26.7 Å². The molecule has 9 heavy (non-hydrogen) atoms. The standard InChI is InChI=1S/C8H11F/c1-3-8(9)7-4-6(2)5-7/h8H,3-4H2,1-2H3. The molecule has 0 fully saturated rings. The molecule has 0 saturated heterocycles. The Bertz CT molecular complexity index is 173. The second kappa shape index (κ2) is 2.36. The summed E-state index contributed by atoms with van der Waals surface area (Å²) in [7, 11) is 0. The first-order chi connectivity index (χ1) is 4.24. The van der Waals surface area contributed by atoms with Crippen LogP contribution in [-0.4, -0.2) is 6.17 Å². The second-order valence-electron chi connectivity index (χ2n) is 2.48. The molecule has 0 spiro atoms. The van der Waals surface area contributed by atoms with Crippen molar-refractivity contribution < 1.29 is 4.39 Å². The zero-order valence-corrected chi connectivity index (χ0v) is 5.87. The van der Waals surface area contributed by atoms with E-state index in [0.717, 1.165) is 12.0 Å². The van der Waals surface area contributed by atoms with Crippen LogP contribution in [0, 0.1) is 0 Å². The summed E-state index contributed by atoms with van der Waals surface area (Å²) in [5, 5.41) is 0. The first-order valence-electron chi connectivity index (χ1n) is 3.33. The van der Waals surface area contributed by atoms with Crippen molar-refractivity contribution in [2.75, 3.05) is 0 Å². The zero-order chi connectivity index (χ0) is 6.85. The van der Waals surface area contributed by atoms with Crippen LogP contribution in [-0.2, 0) is 0 Å². The second-order valence-corrected chi connectivity index (χ2v) is 2.48. The highest BCUT2D eigenvalue weighted by Gasteiger charge is 2.15. The zero-order valence-electron chi connectivity index (χ0n) is 5.87. The van der Waals surface area contributed by atoms with Crippen LogP contribution in [0.15, 0.2) is 16.9 Å². The first-order valence-corrected chi connectivity index (χ1v) is 3.33. The van der Waals surface area contributed by atoms with Gasteiger partial charge in [0.2, 0.25) is 0 Å². The third kappa shape index (κ3) is 1.22. The van der Waals surface area contributed by atoms with Gasteiger partial charge < -0.3 is 0 Å². The van der Waals surface area contributed by atoms with E-state index in [2.05, 4.69) is 5.73 Å². The van der Waals surface area contributed by atoms with Gasteiger partial charge in [0.1, 0.15) is 6.17 Å². The summed E-state index contributed by atoms with van der Waals surface area (Å²) in [6.45, 7) is 3.83. The van der Waals surface area contributed by atoms with Gasteiger partial charge in [-0.3, -0.25) is 0 Å². The van der Waals surface area contributed by atoms with Gasteiger partial charge in [-0.2, -0.15) is 0 Å². The highest BCUT2D eigenvalue weighted by atomic mass is 19.1. The molecule has 0 aromatic carbocycles. The molecule has 1 heteroatoms. The van der Waals surface area contributed by atoms with Crippen molar-refractivity contribution in [3.63, 3.8) is 0 Å². The Hall–Kier alpha value is -0.550. The fraction of sp³-hybridized carbons (Fsp3) is 0.625. The number of hydrogen-bond donors (Lipinski definition) is 0. The molecule has 0 bridgehead atoms. The van der Waals surface area contributed by atoms with Crippen LogP contribution in [0.3, 0.4) is 0 Å². The lowest BCUT2D eigenvalue weighted by molar-refractivity contribution is 0.364. The average molecular weight is 126 g/mol. The predicted molar refractivity (Wildman–Crippen MR) is 36.0 cm³/mol. The highest BCUT2D eigenvalue weighted by molar-refractivity contribution is 5.27. The molecule has 0 aromatic heterocycles. The van der Waals surface area contributed by atoms with Gasteiger partial charge in [0.25, 0.3) is 0 Å². The van der Waals surface area contributed by atoms with Crippen molar-refractivity contribution in [3.05, 3.63) is 16.9 Å². The fourth-order valence-corrected chi connectivity index (χ4v) is 0.977. The van der Waals surface area contributed by atoms with Crippen molar-refractivity contribution >= 4 is 0 Å². The first kappa shape index (κ1) is 6.57. The molecule has 1 unspecified atom stereocenters. The molecule has 0 aliphatic heterocycles. The van der Waals surface area contributed by atoms with Gasteiger partial charge in [-0.15, -0.1) is 5.73 Å². The van der Waals surface area contributed by atoms with E-state index in [9.17, 15) is 4.39 Å². The fourth-order valence-electron chi connectivity index (χ4n) is 0.977. The maximum absolute atomic E-state index is 12.6. The van der Waals surface area contributed by atoms with E-state index in [1.165, 1.54) is 5.57 Å². The van der Waals surface area contributed by atoms with Gasteiger partial charge in [0, 0.05) is 12.0 Å². The minimum Gasteiger partial charge on any atom is -0.242 e. The summed E-state index contributed by atoms with van der Waals surface area (Å²) in [4.78, 5) is 0. The molecule has 0 heterocycles. The number of alkyl halides is 1. The van der Waals surface area contributed by atoms with E-state index in [1.54, 1.807) is 0 Å². The minimum atomic E-state index is -0.728. The molecule has 1 atom stereocenters. The number of hydrogen-bond acceptors (Lipinski definition) is 0. The predicted octanol–water partition coefficient (Wildman–Crippen LogP) is 2.61. The number of allylic oxidation sites excluding steroid dienone is 1. The van der Waals surface area contributed by atoms with E-state index >= 15 is 0 Å². The summed E-state index contributed by atoms with van der Waals surface area (Å²) < 4.78 is 12.6. The van der Waals surface area contributed by atoms with Crippen LogP contribution in [0.4, 0.5) is 4.39 Å². The van der Waals surface area contributed by atoms with Crippen molar-refractivity contribution in [1.82, 2.24) is 0 Å². The molecule has 0 N–H and O–H groups in total. The van der Waals surface area contributed by atoms with E-state index < -0.39 is 6.17 Å². The van der Waals surface area contributed by atoms with Gasteiger partial charge in [-0.25, -0.2) is 4.39 Å². The molecular weight excluding hydrogens is 115 g/mol. The van der Waals surface area contributed by atoms with Crippen LogP contribution in [0.2, 0.25) is 0 Å². The smallest absolute Gasteiger partial charge is 0.129 e. The monoisotopic (exact) mass is 126 g/mol. The number of rotatable bonds is 2. The van der Waals surface area contributed by atoms with Crippen molar-refractivity contribution in [1.29, 1.82) is 0 Å². The molecule has 0 saturated carbocycles. The summed E-state index contributed by atoms with van der Waals surface area (Å²) in [6, 6.07) is 0. The largest absolute Gasteiger partial charge is 0.242 e. The van der Waals surface area contributed by atoms with Gasteiger partial charge in [-0.05, 0) is 18.9 Å². The molecule has 0 radical (unpaired) electrons. The summed E-state index contributed by atoms with van der Waals surface area (Å²) in [5.41, 5.74) is 4.99. The molecule has 1 aliphatic carbocycles. The Balaban J connectivity index is 2.57. The van der Waals surface area contributed by atoms with E-state index in [1.807, 2.05) is 13.8 Å². The minimum absolute atomic E-state index is 0.593. The van der Waals surface area contributed by atoms with Gasteiger partial charge in [-0.1, -0.05) is 6.92 Å². The van der Waals surface area contributed by atoms with Crippen LogP contribution < -0.4 is 0 Å². The lowest BCUT2D eigenvalue weighted by Gasteiger charge is -2.14. The summed E-state index contributed by atoms with van der Waals surface area (Å²) in [6.07, 6.45) is 0.707. The van der Waals surface area contributed by atoms with Crippen LogP contribution >= 0.6 is 0 Å². The third-order valence-electron chi connectivity index (χ3n) is 1.57. The summed E-state index contributed by atoms with van der Waals surface area (Å²) >= 11 is 0. The quantitative estimate of drug-likeness (QED) is 0.499. The van der Waals surface area contributed by atoms with E-state index in [-0.39, 0.29) is 0 Å². The molecule has 0 aromatic rings. The van der Waals surface area contributed by atoms with Crippen molar-refractivity contribution in [2.45, 2.75) is 32.9 Å². The van der Waals surface area contributed by atoms with E-state index in [4.69, 9.17) is 0 Å². The third-order valence-corrected chi connectivity index (χ3v) is 1.57. The maximum Gasteiger partial charge on any atom is 0.129 e. The maximum atomic E-state index is 12.6. The van der Waals surface area contributed by atoms with Gasteiger partial charge >= 0.3 is 0 Å². The highest BCUT2D eigenvalue weighted by Crippen LogP contribution is 2.24. The molecule has 1 aliphatic rings. The van der Waals surface area contributed by atoms with Crippen molar-refractivity contribution in [2.24, 2.45) is 0 Å². The average Bonchev–Trinajstić information content (AvgIpc) is 1.79. The Morgan fingerprint density at radius 3 is 2.67 bits per heavy atom. The molecule has 0 nitrogen and oxygen atoms in total. The molecule has 1 rings (SSSR count). The number of halogens is 1. The normalized spacial score (nSPS) is 19.9. The molecule has 0 amide bonds. The lowest BCUT2D eigenvalue weighted by Crippen LogP contribution is -2.07. The summed E-state index contributed by atoms with van der Waals surface area (Å²) in [5.74, 6) is 0. The van der Waals surface area contributed by atoms with Gasteiger partial charge in [0.05, 0.1) is 0 Å². The van der Waals surface area contributed by atoms with Crippen LogP contribution in [0.25, 0.3) is 0 Å².